The first-order chi connectivity index (χ1) is 23.7. The fourth-order valence-corrected chi connectivity index (χ4v) is 11.7. The number of ether oxygens (including phenoxy) is 2. The molecule has 0 aromatic rings. The summed E-state index contributed by atoms with van der Waals surface area (Å²) in [4.78, 5) is 24.6. The molecule has 5 nitrogen and oxygen atoms in total. The van der Waals surface area contributed by atoms with Crippen LogP contribution in [0.5, 0.6) is 0 Å². The number of esters is 1. The number of alkyl carbamates (subject to hydrolysis) is 1. The molecule has 9 atom stereocenters. The summed E-state index contributed by atoms with van der Waals surface area (Å²) in [6.07, 6.45) is 35.7. The van der Waals surface area contributed by atoms with E-state index < -0.39 is 0 Å². The lowest BCUT2D eigenvalue weighted by molar-refractivity contribution is -0.141. The molecule has 0 spiro atoms. The van der Waals surface area contributed by atoms with Crippen molar-refractivity contribution in [2.45, 2.75) is 194 Å². The van der Waals surface area contributed by atoms with Crippen molar-refractivity contribution in [3.63, 3.8) is 0 Å². The summed E-state index contributed by atoms with van der Waals surface area (Å²) in [5.74, 6) is 4.41. The third-order valence-corrected chi connectivity index (χ3v) is 14.6. The molecule has 0 bridgehead atoms. The molecule has 49 heavy (non-hydrogen) atoms. The highest BCUT2D eigenvalue weighted by Gasteiger charge is 2.60. The zero-order valence-electron chi connectivity index (χ0n) is 32.7. The number of carbonyl (C=O) groups is 2. The monoisotopic (exact) mass is 684 g/mol. The smallest absolute Gasteiger partial charge is 0.407 e. The van der Waals surface area contributed by atoms with Crippen LogP contribution in [0.15, 0.2) is 12.2 Å². The van der Waals surface area contributed by atoms with Gasteiger partial charge in [-0.2, -0.15) is 0 Å². The predicted octanol–water partition coefficient (Wildman–Crippen LogP) is 12.4. The van der Waals surface area contributed by atoms with Gasteiger partial charge in [0.15, 0.2) is 0 Å². The highest BCUT2D eigenvalue weighted by Crippen LogP contribution is 2.68. The van der Waals surface area contributed by atoms with Gasteiger partial charge in [0.05, 0.1) is 7.11 Å². The molecule has 0 saturated heterocycles. The number of rotatable bonds is 21. The van der Waals surface area contributed by atoms with Crippen molar-refractivity contribution in [3.8, 4) is 0 Å². The van der Waals surface area contributed by atoms with Crippen molar-refractivity contribution in [2.75, 3.05) is 13.7 Å². The maximum atomic E-state index is 12.7. The van der Waals surface area contributed by atoms with Crippen LogP contribution in [0, 0.1) is 46.3 Å². The molecule has 4 fully saturated rings. The zero-order chi connectivity index (χ0) is 35.1. The number of hydrogen-bond acceptors (Lipinski definition) is 4. The topological polar surface area (TPSA) is 64.6 Å². The lowest BCUT2D eigenvalue weighted by Gasteiger charge is -2.61. The zero-order valence-corrected chi connectivity index (χ0v) is 32.7. The van der Waals surface area contributed by atoms with Crippen molar-refractivity contribution in [2.24, 2.45) is 46.3 Å². The molecule has 4 saturated carbocycles. The van der Waals surface area contributed by atoms with Crippen molar-refractivity contribution >= 4 is 12.1 Å². The van der Waals surface area contributed by atoms with Crippen LogP contribution in [0.25, 0.3) is 0 Å². The second-order valence-corrected chi connectivity index (χ2v) is 17.6. The van der Waals surface area contributed by atoms with Gasteiger partial charge in [0.25, 0.3) is 0 Å². The highest BCUT2D eigenvalue weighted by molar-refractivity contribution is 5.69. The molecule has 0 aliphatic heterocycles. The summed E-state index contributed by atoms with van der Waals surface area (Å²) in [5, 5.41) is 3.07. The van der Waals surface area contributed by atoms with Gasteiger partial charge in [0, 0.05) is 13.0 Å². The first-order valence-electron chi connectivity index (χ1n) is 21.4. The van der Waals surface area contributed by atoms with Gasteiger partial charge >= 0.3 is 12.1 Å². The summed E-state index contributed by atoms with van der Waals surface area (Å²) < 4.78 is 11.0. The molecule has 0 aromatic carbocycles. The van der Waals surface area contributed by atoms with E-state index in [4.69, 9.17) is 9.47 Å². The molecule has 4 rings (SSSR count). The number of allylic oxidation sites excluding steroid dienone is 2. The Morgan fingerprint density at radius 3 is 2.10 bits per heavy atom. The Bertz CT molecular complexity index is 1010. The van der Waals surface area contributed by atoms with Crippen LogP contribution in [0.1, 0.15) is 188 Å². The van der Waals surface area contributed by atoms with Gasteiger partial charge in [0.2, 0.25) is 0 Å². The molecule has 0 heterocycles. The van der Waals surface area contributed by atoms with Crippen LogP contribution < -0.4 is 5.32 Å². The quantitative estimate of drug-likeness (QED) is 0.0743. The Morgan fingerprint density at radius 1 is 0.776 bits per heavy atom. The normalized spacial score (nSPS) is 33.0. The highest BCUT2D eigenvalue weighted by atomic mass is 16.6. The minimum atomic E-state index is -0.193. The molecular formula is C44H77NO4. The van der Waals surface area contributed by atoms with E-state index in [0.29, 0.717) is 29.1 Å². The van der Waals surface area contributed by atoms with E-state index in [2.05, 4.69) is 45.2 Å². The van der Waals surface area contributed by atoms with Gasteiger partial charge in [-0.05, 0) is 143 Å². The van der Waals surface area contributed by atoms with Crippen LogP contribution in [0.4, 0.5) is 4.79 Å². The SMILES string of the molecule is CCCCCCCCC=CCCCCCCCCNC(=O)O[C@@H]1CC[C@@]2(C)C(CCC3C2CC[C@@]2(C)C3CC[C@@H]2[C@H](C)CCC(=O)OC)C1. The van der Waals surface area contributed by atoms with E-state index in [1.54, 1.807) is 0 Å². The van der Waals surface area contributed by atoms with E-state index >= 15 is 0 Å². The first kappa shape index (κ1) is 40.3. The van der Waals surface area contributed by atoms with E-state index in [9.17, 15) is 9.59 Å². The largest absolute Gasteiger partial charge is 0.469 e. The van der Waals surface area contributed by atoms with Gasteiger partial charge in [-0.1, -0.05) is 97.6 Å². The van der Waals surface area contributed by atoms with Gasteiger partial charge in [-0.25, -0.2) is 4.79 Å². The van der Waals surface area contributed by atoms with Gasteiger partial charge in [-0.15, -0.1) is 0 Å². The Hall–Kier alpha value is -1.52. The summed E-state index contributed by atoms with van der Waals surface area (Å²) in [5.41, 5.74) is 0.807. The Kier molecular flexibility index (Phi) is 16.8. The average Bonchev–Trinajstić information content (AvgIpc) is 3.45. The summed E-state index contributed by atoms with van der Waals surface area (Å²) >= 11 is 0. The first-order valence-corrected chi connectivity index (χ1v) is 21.4. The number of hydrogen-bond donors (Lipinski definition) is 1. The fraction of sp³-hybridized carbons (Fsp3) is 0.909. The van der Waals surface area contributed by atoms with Gasteiger partial charge in [-0.3, -0.25) is 4.79 Å². The number of amides is 1. The lowest BCUT2D eigenvalue weighted by Crippen LogP contribution is -2.54. The Labute approximate surface area is 302 Å². The molecule has 1 N–H and O–H groups in total. The van der Waals surface area contributed by atoms with Crippen LogP contribution in [0.3, 0.4) is 0 Å². The summed E-state index contributed by atoms with van der Waals surface area (Å²) in [7, 11) is 1.51. The van der Waals surface area contributed by atoms with Crippen molar-refractivity contribution in [1.82, 2.24) is 5.32 Å². The fourth-order valence-electron chi connectivity index (χ4n) is 11.7. The predicted molar refractivity (Wildman–Crippen MR) is 203 cm³/mol. The molecule has 1 amide bonds. The molecule has 282 valence electrons. The standard InChI is InChI=1S/C44H77NO4/c1-6-7-8-9-10-11-12-13-14-15-16-17-18-19-20-21-32-45-42(47)49-36-28-30-43(3)35(33-36)23-24-37-39-26-25-38(34(2)22-27-41(46)48-5)44(39,4)31-29-40(37)43/h13-14,34-40H,6-12,15-33H2,1-5H3,(H,45,47)/t34-,35?,36-,37?,38-,39?,40?,43+,44-/m1/s1. The van der Waals surface area contributed by atoms with Crippen LogP contribution in [0.2, 0.25) is 0 Å². The van der Waals surface area contributed by atoms with Crippen LogP contribution in [-0.2, 0) is 14.3 Å². The van der Waals surface area contributed by atoms with Gasteiger partial charge < -0.3 is 14.8 Å². The molecule has 4 aliphatic rings. The number of fused-ring (bicyclic) bond motifs is 5. The molecular weight excluding hydrogens is 606 g/mol. The maximum absolute atomic E-state index is 12.7. The third-order valence-electron chi connectivity index (χ3n) is 14.6. The molecule has 0 radical (unpaired) electrons. The maximum Gasteiger partial charge on any atom is 0.407 e. The van der Waals surface area contributed by atoms with Crippen LogP contribution in [-0.4, -0.2) is 31.8 Å². The molecule has 5 heteroatoms. The summed E-state index contributed by atoms with van der Waals surface area (Å²) in [6, 6.07) is 0. The minimum absolute atomic E-state index is 0.0627. The number of methoxy groups -OCH3 is 1. The number of unbranched alkanes of at least 4 members (excludes halogenated alkanes) is 12. The van der Waals surface area contributed by atoms with E-state index in [-0.39, 0.29) is 18.2 Å². The summed E-state index contributed by atoms with van der Waals surface area (Å²) in [6.45, 7) is 10.6. The molecule has 4 unspecified atom stereocenters. The minimum Gasteiger partial charge on any atom is -0.469 e. The molecule has 4 aliphatic carbocycles. The number of carbonyl (C=O) groups excluding carboxylic acids is 2. The number of nitrogens with one attached hydrogen (secondary N) is 1. The van der Waals surface area contributed by atoms with Crippen molar-refractivity contribution in [1.29, 1.82) is 0 Å². The Morgan fingerprint density at radius 2 is 1.41 bits per heavy atom. The van der Waals surface area contributed by atoms with E-state index in [1.807, 2.05) is 0 Å². The van der Waals surface area contributed by atoms with E-state index in [1.165, 1.54) is 136 Å². The third kappa shape index (κ3) is 11.2. The lowest BCUT2D eigenvalue weighted by atomic mass is 9.44. The average molecular weight is 684 g/mol. The second-order valence-electron chi connectivity index (χ2n) is 17.6. The van der Waals surface area contributed by atoms with Crippen LogP contribution >= 0.6 is 0 Å². The van der Waals surface area contributed by atoms with Crippen molar-refractivity contribution in [3.05, 3.63) is 12.2 Å². The second kappa shape index (κ2) is 20.5. The van der Waals surface area contributed by atoms with E-state index in [0.717, 1.165) is 55.9 Å². The van der Waals surface area contributed by atoms with Crippen molar-refractivity contribution < 1.29 is 19.1 Å². The van der Waals surface area contributed by atoms with Gasteiger partial charge in [0.1, 0.15) is 6.10 Å². The Balaban J connectivity index is 1.07. The molecule has 0 aromatic heterocycles.